The quantitative estimate of drug-likeness (QED) is 0.257. The lowest BCUT2D eigenvalue weighted by molar-refractivity contribution is 0.143. The second-order valence-corrected chi connectivity index (χ2v) is 5.77. The first-order chi connectivity index (χ1) is 11.7. The summed E-state index contributed by atoms with van der Waals surface area (Å²) in [6, 6.07) is 3.83. The van der Waals surface area contributed by atoms with Crippen LogP contribution in [0.1, 0.15) is 25.3 Å². The van der Waals surface area contributed by atoms with Gasteiger partial charge in [-0.3, -0.25) is 4.99 Å². The minimum Gasteiger partial charge on any atom is -0.486 e. The average molecular weight is 484 g/mol. The first kappa shape index (κ1) is 22.1. The van der Waals surface area contributed by atoms with Crippen molar-refractivity contribution >= 4 is 41.5 Å². The average Bonchev–Trinajstić information content (AvgIpc) is 2.60. The fourth-order valence-electron chi connectivity index (χ4n) is 2.35. The van der Waals surface area contributed by atoms with Crippen LogP contribution in [0.15, 0.2) is 17.1 Å². The monoisotopic (exact) mass is 483 g/mol. The topological polar surface area (TPSA) is 64.1 Å². The largest absolute Gasteiger partial charge is 0.486 e. The molecular formula is C17H27ClIN3O3. The summed E-state index contributed by atoms with van der Waals surface area (Å²) in [6.45, 7) is 6.13. The van der Waals surface area contributed by atoms with E-state index in [9.17, 15) is 0 Å². The molecule has 0 amide bonds. The number of benzene rings is 1. The number of nitrogens with one attached hydrogen (secondary N) is 2. The number of nitrogens with zero attached hydrogens (tertiary/aromatic N) is 1. The highest BCUT2D eigenvalue weighted by Crippen LogP contribution is 2.38. The summed E-state index contributed by atoms with van der Waals surface area (Å²) in [5, 5.41) is 7.13. The molecule has 1 aliphatic rings. The third kappa shape index (κ3) is 7.45. The molecule has 0 saturated heterocycles. The van der Waals surface area contributed by atoms with E-state index in [2.05, 4.69) is 15.6 Å². The first-order valence-electron chi connectivity index (χ1n) is 8.35. The van der Waals surface area contributed by atoms with Crippen molar-refractivity contribution in [2.45, 2.75) is 26.3 Å². The second kappa shape index (κ2) is 12.4. The van der Waals surface area contributed by atoms with Crippen molar-refractivity contribution in [1.82, 2.24) is 10.6 Å². The standard InChI is InChI=1S/C17H26ClN3O3.HI/c1-3-22-7-5-4-6-20-17(19-2)21-12-13-10-14(18)16-15(11-13)23-8-9-24-16;/h10-11H,3-9,12H2,1-2H3,(H2,19,20,21);1H. The molecular weight excluding hydrogens is 457 g/mol. The van der Waals surface area contributed by atoms with Gasteiger partial charge in [0.15, 0.2) is 17.5 Å². The highest BCUT2D eigenvalue weighted by molar-refractivity contribution is 14.0. The van der Waals surface area contributed by atoms with E-state index in [-0.39, 0.29) is 24.0 Å². The maximum atomic E-state index is 6.25. The van der Waals surface area contributed by atoms with Crippen molar-refractivity contribution in [3.8, 4) is 11.5 Å². The molecule has 25 heavy (non-hydrogen) atoms. The fourth-order valence-corrected chi connectivity index (χ4v) is 2.64. The third-order valence-electron chi connectivity index (χ3n) is 3.55. The lowest BCUT2D eigenvalue weighted by Crippen LogP contribution is -2.37. The Bertz CT molecular complexity index is 558. The smallest absolute Gasteiger partial charge is 0.191 e. The number of fused-ring (bicyclic) bond motifs is 1. The van der Waals surface area contributed by atoms with Gasteiger partial charge in [0.05, 0.1) is 5.02 Å². The second-order valence-electron chi connectivity index (χ2n) is 5.36. The number of halogens is 2. The number of unbranched alkanes of at least 4 members (excludes halogenated alkanes) is 1. The molecule has 2 N–H and O–H groups in total. The Balaban J connectivity index is 0.00000312. The van der Waals surface area contributed by atoms with E-state index in [1.165, 1.54) is 0 Å². The van der Waals surface area contributed by atoms with Crippen LogP contribution in [-0.4, -0.2) is 46.0 Å². The molecule has 0 aromatic heterocycles. The van der Waals surface area contributed by atoms with Crippen LogP contribution in [0.3, 0.4) is 0 Å². The van der Waals surface area contributed by atoms with Crippen LogP contribution in [0.2, 0.25) is 5.02 Å². The van der Waals surface area contributed by atoms with Gasteiger partial charge in [-0.1, -0.05) is 11.6 Å². The Morgan fingerprint density at radius 3 is 2.80 bits per heavy atom. The van der Waals surface area contributed by atoms with E-state index in [1.807, 2.05) is 19.1 Å². The molecule has 0 atom stereocenters. The molecule has 1 heterocycles. The normalized spacial score (nSPS) is 13.2. The van der Waals surface area contributed by atoms with Gasteiger partial charge in [-0.25, -0.2) is 0 Å². The van der Waals surface area contributed by atoms with E-state index in [0.717, 1.165) is 44.1 Å². The van der Waals surface area contributed by atoms with Gasteiger partial charge in [0.25, 0.3) is 0 Å². The van der Waals surface area contributed by atoms with E-state index >= 15 is 0 Å². The predicted octanol–water partition coefficient (Wildman–Crippen LogP) is 3.21. The van der Waals surface area contributed by atoms with E-state index in [1.54, 1.807) is 7.05 Å². The molecule has 0 radical (unpaired) electrons. The number of rotatable bonds is 8. The SMILES string of the molecule is CCOCCCCNC(=NC)NCc1cc(Cl)c2c(c1)OCCO2.I. The van der Waals surface area contributed by atoms with Crippen LogP contribution < -0.4 is 20.1 Å². The van der Waals surface area contributed by atoms with Crippen molar-refractivity contribution in [3.63, 3.8) is 0 Å². The molecule has 1 aromatic carbocycles. The number of hydrogen-bond donors (Lipinski definition) is 2. The van der Waals surface area contributed by atoms with Crippen LogP contribution in [0.25, 0.3) is 0 Å². The van der Waals surface area contributed by atoms with Gasteiger partial charge >= 0.3 is 0 Å². The van der Waals surface area contributed by atoms with Gasteiger partial charge in [0.2, 0.25) is 0 Å². The summed E-state index contributed by atoms with van der Waals surface area (Å²) in [5.41, 5.74) is 1.02. The van der Waals surface area contributed by atoms with Crippen molar-refractivity contribution in [2.24, 2.45) is 4.99 Å². The molecule has 1 aromatic rings. The van der Waals surface area contributed by atoms with E-state index < -0.39 is 0 Å². The molecule has 0 fully saturated rings. The zero-order chi connectivity index (χ0) is 17.2. The van der Waals surface area contributed by atoms with Gasteiger partial charge in [-0.2, -0.15) is 0 Å². The zero-order valence-electron chi connectivity index (χ0n) is 14.8. The molecule has 0 bridgehead atoms. The maximum absolute atomic E-state index is 6.25. The van der Waals surface area contributed by atoms with Gasteiger partial charge in [0.1, 0.15) is 13.2 Å². The lowest BCUT2D eigenvalue weighted by Gasteiger charge is -2.20. The Kier molecular flexibility index (Phi) is 11.0. The minimum atomic E-state index is 0. The molecule has 142 valence electrons. The first-order valence-corrected chi connectivity index (χ1v) is 8.72. The summed E-state index contributed by atoms with van der Waals surface area (Å²) >= 11 is 6.25. The summed E-state index contributed by atoms with van der Waals surface area (Å²) in [6.07, 6.45) is 2.08. The Labute approximate surface area is 171 Å². The molecule has 0 unspecified atom stereocenters. The van der Waals surface area contributed by atoms with Gasteiger partial charge in [0, 0.05) is 33.4 Å². The van der Waals surface area contributed by atoms with Crippen molar-refractivity contribution in [2.75, 3.05) is 40.0 Å². The lowest BCUT2D eigenvalue weighted by atomic mass is 10.2. The van der Waals surface area contributed by atoms with Crippen LogP contribution in [0, 0.1) is 0 Å². The molecule has 6 nitrogen and oxygen atoms in total. The highest BCUT2D eigenvalue weighted by atomic mass is 127. The highest BCUT2D eigenvalue weighted by Gasteiger charge is 2.16. The molecule has 1 aliphatic heterocycles. The minimum absolute atomic E-state index is 0. The van der Waals surface area contributed by atoms with E-state index in [0.29, 0.717) is 36.3 Å². The van der Waals surface area contributed by atoms with Crippen LogP contribution in [0.5, 0.6) is 11.5 Å². The summed E-state index contributed by atoms with van der Waals surface area (Å²) in [7, 11) is 1.76. The molecule has 0 aliphatic carbocycles. The Hall–Kier alpha value is -0.930. The van der Waals surface area contributed by atoms with Crippen molar-refractivity contribution < 1.29 is 14.2 Å². The summed E-state index contributed by atoms with van der Waals surface area (Å²) < 4.78 is 16.4. The number of hydrogen-bond acceptors (Lipinski definition) is 4. The van der Waals surface area contributed by atoms with Crippen molar-refractivity contribution in [1.29, 1.82) is 0 Å². The number of ether oxygens (including phenoxy) is 3. The maximum Gasteiger partial charge on any atom is 0.191 e. The van der Waals surface area contributed by atoms with Crippen LogP contribution in [-0.2, 0) is 11.3 Å². The van der Waals surface area contributed by atoms with E-state index in [4.69, 9.17) is 25.8 Å². The third-order valence-corrected chi connectivity index (χ3v) is 3.83. The van der Waals surface area contributed by atoms with Gasteiger partial charge in [-0.05, 0) is 37.5 Å². The van der Waals surface area contributed by atoms with Gasteiger partial charge in [-0.15, -0.1) is 24.0 Å². The molecule has 0 spiro atoms. The molecule has 8 heteroatoms. The zero-order valence-corrected chi connectivity index (χ0v) is 17.9. The summed E-state index contributed by atoms with van der Waals surface area (Å²) in [5.74, 6) is 2.09. The van der Waals surface area contributed by atoms with Crippen molar-refractivity contribution in [3.05, 3.63) is 22.7 Å². The molecule has 2 rings (SSSR count). The van der Waals surface area contributed by atoms with Crippen LogP contribution >= 0.6 is 35.6 Å². The Morgan fingerprint density at radius 2 is 2.04 bits per heavy atom. The summed E-state index contributed by atoms with van der Waals surface area (Å²) in [4.78, 5) is 4.22. The fraction of sp³-hybridized carbons (Fsp3) is 0.588. The number of aliphatic imine (C=N–C) groups is 1. The van der Waals surface area contributed by atoms with Crippen LogP contribution in [0.4, 0.5) is 0 Å². The number of guanidine groups is 1. The van der Waals surface area contributed by atoms with Gasteiger partial charge < -0.3 is 24.8 Å². The Morgan fingerprint density at radius 1 is 1.24 bits per heavy atom. The predicted molar refractivity (Wildman–Crippen MR) is 112 cm³/mol. The molecule has 0 saturated carbocycles.